The molecule has 2 fully saturated rings. The Bertz CT molecular complexity index is 1260. The van der Waals surface area contributed by atoms with Crippen molar-refractivity contribution in [1.29, 1.82) is 0 Å². The Morgan fingerprint density at radius 3 is 2.63 bits per heavy atom. The number of anilines is 1. The van der Waals surface area contributed by atoms with Crippen LogP contribution < -0.4 is 10.2 Å². The lowest BCUT2D eigenvalue weighted by molar-refractivity contribution is 0.0915. The number of nitrogens with one attached hydrogen (secondary N) is 2. The molecule has 7 heteroatoms. The molecule has 1 aliphatic carbocycles. The Morgan fingerprint density at radius 1 is 1.03 bits per heavy atom. The summed E-state index contributed by atoms with van der Waals surface area (Å²) in [5.41, 5.74) is 1.50. The molecule has 0 unspecified atom stereocenters. The van der Waals surface area contributed by atoms with Gasteiger partial charge in [0, 0.05) is 54.6 Å². The van der Waals surface area contributed by atoms with Crippen LogP contribution in [0.5, 0.6) is 0 Å². The van der Waals surface area contributed by atoms with Gasteiger partial charge in [-0.05, 0) is 74.3 Å². The number of hydrogen-bond donors (Lipinski definition) is 2. The van der Waals surface area contributed by atoms with Crippen molar-refractivity contribution < 1.29 is 4.79 Å². The molecule has 2 aromatic heterocycles. The maximum atomic E-state index is 12.7. The first-order valence-electron chi connectivity index (χ1n) is 12.9. The normalized spacial score (nSPS) is 21.5. The summed E-state index contributed by atoms with van der Waals surface area (Å²) in [5, 5.41) is 5.48. The van der Waals surface area contributed by atoms with E-state index in [-0.39, 0.29) is 11.9 Å². The number of aromatic amines is 1. The first-order chi connectivity index (χ1) is 17.2. The number of para-hydroxylation sites is 1. The largest absolute Gasteiger partial charge is 0.353 e. The Balaban J connectivity index is 0.930. The zero-order chi connectivity index (χ0) is 23.6. The minimum Gasteiger partial charge on any atom is -0.353 e. The zero-order valence-corrected chi connectivity index (χ0v) is 20.8. The molecule has 4 aromatic rings. The topological polar surface area (TPSA) is 64.3 Å². The average molecular weight is 487 g/mol. The number of benzene rings is 2. The predicted molar refractivity (Wildman–Crippen MR) is 143 cm³/mol. The molecular weight excluding hydrogens is 454 g/mol. The molecule has 1 saturated heterocycles. The van der Waals surface area contributed by atoms with Crippen molar-refractivity contribution in [3.05, 3.63) is 60.3 Å². The van der Waals surface area contributed by atoms with Crippen LogP contribution in [0.2, 0.25) is 0 Å². The van der Waals surface area contributed by atoms with Crippen molar-refractivity contribution in [3.63, 3.8) is 0 Å². The number of carbonyl (C=O) groups is 1. The van der Waals surface area contributed by atoms with Gasteiger partial charge in [-0.2, -0.15) is 4.37 Å². The van der Waals surface area contributed by atoms with E-state index in [9.17, 15) is 4.79 Å². The van der Waals surface area contributed by atoms with E-state index in [4.69, 9.17) is 4.37 Å². The third-order valence-electron chi connectivity index (χ3n) is 7.74. The number of carbonyl (C=O) groups excluding carboxylic acids is 1. The van der Waals surface area contributed by atoms with Crippen LogP contribution >= 0.6 is 11.5 Å². The third kappa shape index (κ3) is 4.93. The Kier molecular flexibility index (Phi) is 6.44. The van der Waals surface area contributed by atoms with Gasteiger partial charge in [-0.1, -0.05) is 30.3 Å². The number of fused-ring (bicyclic) bond motifs is 2. The lowest BCUT2D eigenvalue weighted by Gasteiger charge is -2.36. The number of amides is 1. The molecule has 2 aromatic carbocycles. The van der Waals surface area contributed by atoms with Crippen molar-refractivity contribution in [2.45, 2.75) is 38.1 Å². The molecule has 181 valence electrons. The number of H-pyrrole nitrogens is 1. The summed E-state index contributed by atoms with van der Waals surface area (Å²) in [4.78, 5) is 21.0. The molecule has 1 aliphatic heterocycles. The van der Waals surface area contributed by atoms with E-state index in [0.717, 1.165) is 61.7 Å². The highest BCUT2D eigenvalue weighted by Crippen LogP contribution is 2.31. The molecule has 2 aliphatic rings. The molecule has 0 spiro atoms. The van der Waals surface area contributed by atoms with Gasteiger partial charge >= 0.3 is 0 Å². The molecule has 1 amide bonds. The zero-order valence-electron chi connectivity index (χ0n) is 20.0. The monoisotopic (exact) mass is 486 g/mol. The highest BCUT2D eigenvalue weighted by molar-refractivity contribution is 7.13. The number of aromatic nitrogens is 2. The fourth-order valence-electron chi connectivity index (χ4n) is 5.62. The number of rotatable bonds is 6. The Morgan fingerprint density at radius 2 is 1.80 bits per heavy atom. The summed E-state index contributed by atoms with van der Waals surface area (Å²) < 4.78 is 6.01. The van der Waals surface area contributed by atoms with E-state index in [1.54, 1.807) is 11.5 Å². The van der Waals surface area contributed by atoms with Crippen molar-refractivity contribution >= 4 is 44.2 Å². The maximum Gasteiger partial charge on any atom is 0.268 e. The highest BCUT2D eigenvalue weighted by atomic mass is 32.1. The summed E-state index contributed by atoms with van der Waals surface area (Å²) in [5.74, 6) is 1.90. The number of piperazine rings is 1. The van der Waals surface area contributed by atoms with E-state index in [1.807, 2.05) is 24.3 Å². The second-order valence-corrected chi connectivity index (χ2v) is 10.8. The first kappa shape index (κ1) is 22.6. The predicted octanol–water partition coefficient (Wildman–Crippen LogP) is 5.08. The van der Waals surface area contributed by atoms with Crippen LogP contribution in [0, 0.1) is 12.0 Å². The number of hydrogen-bond acceptors (Lipinski definition) is 5. The van der Waals surface area contributed by atoms with Crippen LogP contribution in [0.4, 0.5) is 5.82 Å². The van der Waals surface area contributed by atoms with E-state index >= 15 is 0 Å². The lowest BCUT2D eigenvalue weighted by Crippen LogP contribution is -2.47. The van der Waals surface area contributed by atoms with Gasteiger partial charge in [0.25, 0.3) is 5.91 Å². The minimum atomic E-state index is -0.0320. The second-order valence-electron chi connectivity index (χ2n) is 9.98. The van der Waals surface area contributed by atoms with Crippen LogP contribution in [-0.4, -0.2) is 58.9 Å². The lowest BCUT2D eigenvalue weighted by atomic mass is 9.84. The first-order valence-corrected chi connectivity index (χ1v) is 13.6. The van der Waals surface area contributed by atoms with E-state index in [1.165, 1.54) is 35.9 Å². The van der Waals surface area contributed by atoms with Gasteiger partial charge < -0.3 is 15.2 Å². The van der Waals surface area contributed by atoms with Crippen LogP contribution in [-0.2, 0) is 0 Å². The smallest absolute Gasteiger partial charge is 0.268 e. The molecule has 0 atom stereocenters. The van der Waals surface area contributed by atoms with Crippen molar-refractivity contribution in [2.24, 2.45) is 5.92 Å². The molecule has 6 rings (SSSR count). The SMILES string of the molecule is O=C(NC1CCC(CCN2CCN(c3nsc4ccccc34)CC2)CC1)c1[c]c2ccccc2[nH]1. The Hall–Kier alpha value is -2.90. The van der Waals surface area contributed by atoms with Crippen molar-refractivity contribution in [3.8, 4) is 0 Å². The van der Waals surface area contributed by atoms with Gasteiger partial charge in [0.1, 0.15) is 11.5 Å². The minimum absolute atomic E-state index is 0.0320. The molecule has 35 heavy (non-hydrogen) atoms. The molecule has 1 radical (unpaired) electrons. The summed E-state index contributed by atoms with van der Waals surface area (Å²) >= 11 is 1.61. The van der Waals surface area contributed by atoms with Gasteiger partial charge in [-0.25, -0.2) is 0 Å². The van der Waals surface area contributed by atoms with Crippen molar-refractivity contribution in [1.82, 2.24) is 19.6 Å². The van der Waals surface area contributed by atoms with Gasteiger partial charge in [0.15, 0.2) is 0 Å². The summed E-state index contributed by atoms with van der Waals surface area (Å²) in [6.07, 6.45) is 5.80. The van der Waals surface area contributed by atoms with E-state index in [2.05, 4.69) is 50.4 Å². The van der Waals surface area contributed by atoms with Crippen LogP contribution in [0.1, 0.15) is 42.6 Å². The molecule has 2 N–H and O–H groups in total. The molecule has 0 bridgehead atoms. The van der Waals surface area contributed by atoms with Crippen LogP contribution in [0.3, 0.4) is 0 Å². The second kappa shape index (κ2) is 9.99. The molecule has 3 heterocycles. The van der Waals surface area contributed by atoms with Crippen molar-refractivity contribution in [2.75, 3.05) is 37.6 Å². The maximum absolute atomic E-state index is 12.7. The van der Waals surface area contributed by atoms with Crippen LogP contribution in [0.15, 0.2) is 48.5 Å². The van der Waals surface area contributed by atoms with Gasteiger partial charge in [-0.3, -0.25) is 9.69 Å². The summed E-state index contributed by atoms with van der Waals surface area (Å²) in [6.45, 7) is 5.50. The van der Waals surface area contributed by atoms with Gasteiger partial charge in [-0.15, -0.1) is 0 Å². The summed E-state index contributed by atoms with van der Waals surface area (Å²) in [6, 6.07) is 19.9. The van der Waals surface area contributed by atoms with Gasteiger partial charge in [0.2, 0.25) is 0 Å². The molecule has 1 saturated carbocycles. The Labute approximate surface area is 210 Å². The molecule has 6 nitrogen and oxygen atoms in total. The van der Waals surface area contributed by atoms with E-state index in [0.29, 0.717) is 5.69 Å². The standard InChI is InChI=1S/C28H32N5OS/c34-28(25-19-21-5-1-3-7-24(21)30-25)29-22-11-9-20(10-12-22)13-14-32-15-17-33(18-16-32)27-23-6-2-4-8-26(23)35-31-27/h1-8,20,22,30H,9-18H2,(H,29,34). The van der Waals surface area contributed by atoms with Crippen LogP contribution in [0.25, 0.3) is 21.0 Å². The third-order valence-corrected chi connectivity index (χ3v) is 8.56. The quantitative estimate of drug-likeness (QED) is 0.399. The average Bonchev–Trinajstić information content (AvgIpc) is 3.53. The van der Waals surface area contributed by atoms with E-state index < -0.39 is 0 Å². The van der Waals surface area contributed by atoms with Gasteiger partial charge in [0.05, 0.1) is 4.70 Å². The fraction of sp³-hybridized carbons (Fsp3) is 0.429. The number of nitrogens with zero attached hydrogens (tertiary/aromatic N) is 3. The molecular formula is C28H32N5OS. The fourth-order valence-corrected chi connectivity index (χ4v) is 6.41. The highest BCUT2D eigenvalue weighted by Gasteiger charge is 2.25. The summed E-state index contributed by atoms with van der Waals surface area (Å²) in [7, 11) is 0.